The van der Waals surface area contributed by atoms with E-state index in [1.165, 1.54) is 10.6 Å². The molecule has 0 fully saturated rings. The number of benzene rings is 1. The molecule has 0 radical (unpaired) electrons. The van der Waals surface area contributed by atoms with Gasteiger partial charge in [0, 0.05) is 26.0 Å². The smallest absolute Gasteiger partial charge is 0.292 e. The van der Waals surface area contributed by atoms with E-state index in [9.17, 15) is 9.90 Å². The van der Waals surface area contributed by atoms with Gasteiger partial charge in [0.1, 0.15) is 5.69 Å². The average molecular weight is 311 g/mol. The van der Waals surface area contributed by atoms with Gasteiger partial charge in [0.2, 0.25) is 0 Å². The molecule has 0 aliphatic carbocycles. The van der Waals surface area contributed by atoms with Crippen molar-refractivity contribution < 1.29 is 5.11 Å². The van der Waals surface area contributed by atoms with Crippen LogP contribution in [0.15, 0.2) is 53.6 Å². The number of aromatic nitrogens is 4. The minimum absolute atomic E-state index is 0.253. The van der Waals surface area contributed by atoms with Crippen LogP contribution < -0.4 is 10.5 Å². The fourth-order valence-corrected chi connectivity index (χ4v) is 2.22. The van der Waals surface area contributed by atoms with Crippen LogP contribution in [0.4, 0.5) is 5.69 Å². The van der Waals surface area contributed by atoms with Crippen molar-refractivity contribution in [1.82, 2.24) is 19.6 Å². The van der Waals surface area contributed by atoms with Crippen molar-refractivity contribution in [3.63, 3.8) is 0 Å². The highest BCUT2D eigenvalue weighted by Crippen LogP contribution is 2.15. The summed E-state index contributed by atoms with van der Waals surface area (Å²) in [5.74, 6) is -0.279. The third kappa shape index (κ3) is 3.08. The Kier molecular flexibility index (Phi) is 3.84. The SMILES string of the molecule is CN(C)c1ccc(-n2cc(Cn3cccc(O)c3=O)nn2)cc1. The van der Waals surface area contributed by atoms with Crippen molar-refractivity contribution in [1.29, 1.82) is 0 Å². The Morgan fingerprint density at radius 3 is 2.61 bits per heavy atom. The van der Waals surface area contributed by atoms with Crippen molar-refractivity contribution in [2.24, 2.45) is 0 Å². The predicted molar refractivity (Wildman–Crippen MR) is 87.2 cm³/mol. The molecular formula is C16H17N5O2. The van der Waals surface area contributed by atoms with Crippen LogP contribution >= 0.6 is 0 Å². The molecule has 3 rings (SSSR count). The Morgan fingerprint density at radius 1 is 1.17 bits per heavy atom. The number of pyridine rings is 1. The van der Waals surface area contributed by atoms with E-state index in [-0.39, 0.29) is 12.3 Å². The molecule has 1 aromatic carbocycles. The second-order valence-corrected chi connectivity index (χ2v) is 5.39. The summed E-state index contributed by atoms with van der Waals surface area (Å²) in [7, 11) is 3.96. The van der Waals surface area contributed by atoms with Gasteiger partial charge in [-0.15, -0.1) is 5.10 Å². The van der Waals surface area contributed by atoms with Crippen LogP contribution in [0.2, 0.25) is 0 Å². The van der Waals surface area contributed by atoms with Crippen LogP contribution in [0.5, 0.6) is 5.75 Å². The molecule has 0 saturated heterocycles. The molecule has 23 heavy (non-hydrogen) atoms. The minimum Gasteiger partial charge on any atom is -0.503 e. The third-order valence-corrected chi connectivity index (χ3v) is 3.50. The quantitative estimate of drug-likeness (QED) is 0.785. The van der Waals surface area contributed by atoms with E-state index in [1.807, 2.05) is 43.3 Å². The van der Waals surface area contributed by atoms with Gasteiger partial charge in [0.15, 0.2) is 5.75 Å². The summed E-state index contributed by atoms with van der Waals surface area (Å²) >= 11 is 0. The minimum atomic E-state index is -0.447. The maximum absolute atomic E-state index is 11.8. The lowest BCUT2D eigenvalue weighted by molar-refractivity contribution is 0.459. The number of rotatable bonds is 4. The standard InChI is InChI=1S/C16H17N5O2/c1-19(2)13-5-7-14(8-6-13)21-11-12(17-18-21)10-20-9-3-4-15(22)16(20)23/h3-9,11,22H,10H2,1-2H3. The zero-order valence-corrected chi connectivity index (χ0v) is 12.9. The van der Waals surface area contributed by atoms with Gasteiger partial charge < -0.3 is 14.6 Å². The summed E-state index contributed by atoms with van der Waals surface area (Å²) in [5, 5.41) is 17.6. The van der Waals surface area contributed by atoms with E-state index in [1.54, 1.807) is 23.1 Å². The molecular weight excluding hydrogens is 294 g/mol. The van der Waals surface area contributed by atoms with Gasteiger partial charge in [0.25, 0.3) is 5.56 Å². The first-order chi connectivity index (χ1) is 11.0. The molecule has 7 nitrogen and oxygen atoms in total. The molecule has 0 aliphatic heterocycles. The van der Waals surface area contributed by atoms with Crippen LogP contribution in [-0.2, 0) is 6.54 Å². The lowest BCUT2D eigenvalue weighted by atomic mass is 10.2. The molecule has 0 amide bonds. The van der Waals surface area contributed by atoms with Gasteiger partial charge in [-0.25, -0.2) is 4.68 Å². The van der Waals surface area contributed by atoms with Crippen LogP contribution in [-0.4, -0.2) is 38.8 Å². The molecule has 0 atom stereocenters. The number of aromatic hydroxyl groups is 1. The lowest BCUT2D eigenvalue weighted by Crippen LogP contribution is -2.19. The largest absolute Gasteiger partial charge is 0.503 e. The summed E-state index contributed by atoms with van der Waals surface area (Å²) in [6, 6.07) is 10.9. The first kappa shape index (κ1) is 14.8. The highest BCUT2D eigenvalue weighted by molar-refractivity contribution is 5.49. The molecule has 0 saturated carbocycles. The van der Waals surface area contributed by atoms with Crippen LogP contribution in [0.1, 0.15) is 5.69 Å². The van der Waals surface area contributed by atoms with Gasteiger partial charge in [-0.3, -0.25) is 4.79 Å². The highest BCUT2D eigenvalue weighted by Gasteiger charge is 2.07. The Bertz CT molecular complexity index is 865. The van der Waals surface area contributed by atoms with Crippen molar-refractivity contribution in [3.05, 3.63) is 64.8 Å². The molecule has 2 aromatic heterocycles. The Labute approximate surface area is 133 Å². The molecule has 118 valence electrons. The number of hydrogen-bond acceptors (Lipinski definition) is 5. The molecule has 0 aliphatic rings. The van der Waals surface area contributed by atoms with Crippen molar-refractivity contribution in [2.45, 2.75) is 6.54 Å². The van der Waals surface area contributed by atoms with E-state index in [2.05, 4.69) is 10.3 Å². The van der Waals surface area contributed by atoms with Gasteiger partial charge in [-0.05, 0) is 36.4 Å². The Morgan fingerprint density at radius 2 is 1.91 bits per heavy atom. The van der Waals surface area contributed by atoms with Crippen LogP contribution in [0.25, 0.3) is 5.69 Å². The maximum Gasteiger partial charge on any atom is 0.292 e. The highest BCUT2D eigenvalue weighted by atomic mass is 16.3. The van der Waals surface area contributed by atoms with Crippen molar-refractivity contribution in [3.8, 4) is 11.4 Å². The number of nitrogens with zero attached hydrogens (tertiary/aromatic N) is 5. The Hall–Kier alpha value is -3.09. The average Bonchev–Trinajstić information content (AvgIpc) is 3.00. The van der Waals surface area contributed by atoms with E-state index in [4.69, 9.17) is 0 Å². The molecule has 0 spiro atoms. The van der Waals surface area contributed by atoms with Gasteiger partial charge in [-0.2, -0.15) is 0 Å². The Balaban J connectivity index is 1.83. The molecule has 3 aromatic rings. The summed E-state index contributed by atoms with van der Waals surface area (Å²) in [6.45, 7) is 0.253. The lowest BCUT2D eigenvalue weighted by Gasteiger charge is -2.12. The summed E-state index contributed by atoms with van der Waals surface area (Å²) in [5.41, 5.74) is 2.17. The first-order valence-corrected chi connectivity index (χ1v) is 7.12. The monoisotopic (exact) mass is 311 g/mol. The van der Waals surface area contributed by atoms with Crippen molar-refractivity contribution >= 4 is 5.69 Å². The van der Waals surface area contributed by atoms with E-state index in [0.29, 0.717) is 5.69 Å². The molecule has 1 N–H and O–H groups in total. The van der Waals surface area contributed by atoms with Gasteiger partial charge in [-0.1, -0.05) is 5.21 Å². The second-order valence-electron chi connectivity index (χ2n) is 5.39. The molecule has 2 heterocycles. The molecule has 0 bridgehead atoms. The molecule has 0 unspecified atom stereocenters. The van der Waals surface area contributed by atoms with Gasteiger partial charge in [0.05, 0.1) is 18.4 Å². The van der Waals surface area contributed by atoms with Crippen LogP contribution in [0, 0.1) is 0 Å². The summed E-state index contributed by atoms with van der Waals surface area (Å²) in [4.78, 5) is 13.8. The summed E-state index contributed by atoms with van der Waals surface area (Å²) in [6.07, 6.45) is 3.37. The number of hydrogen-bond donors (Lipinski definition) is 1. The topological polar surface area (TPSA) is 76.2 Å². The normalized spacial score (nSPS) is 10.7. The second kappa shape index (κ2) is 5.96. The van der Waals surface area contributed by atoms with Gasteiger partial charge >= 0.3 is 0 Å². The predicted octanol–water partition coefficient (Wildman–Crippen LogP) is 1.25. The first-order valence-electron chi connectivity index (χ1n) is 7.12. The van der Waals surface area contributed by atoms with E-state index >= 15 is 0 Å². The van der Waals surface area contributed by atoms with E-state index in [0.717, 1.165) is 11.4 Å². The van der Waals surface area contributed by atoms with E-state index < -0.39 is 5.56 Å². The fourth-order valence-electron chi connectivity index (χ4n) is 2.22. The number of anilines is 1. The van der Waals surface area contributed by atoms with Crippen LogP contribution in [0.3, 0.4) is 0 Å². The summed E-state index contributed by atoms with van der Waals surface area (Å²) < 4.78 is 3.04. The maximum atomic E-state index is 11.8. The third-order valence-electron chi connectivity index (χ3n) is 3.50. The van der Waals surface area contributed by atoms with Crippen molar-refractivity contribution in [2.75, 3.05) is 19.0 Å². The zero-order valence-electron chi connectivity index (χ0n) is 12.9. The zero-order chi connectivity index (χ0) is 16.4. The molecule has 7 heteroatoms. The fraction of sp³-hybridized carbons (Fsp3) is 0.188.